The molecule has 8 rings (SSSR count). The summed E-state index contributed by atoms with van der Waals surface area (Å²) < 4.78 is 4.54. The summed E-state index contributed by atoms with van der Waals surface area (Å²) in [6, 6.07) is 18.7. The van der Waals surface area contributed by atoms with Crippen molar-refractivity contribution in [1.82, 2.24) is 14.2 Å². The van der Waals surface area contributed by atoms with E-state index in [1.807, 2.05) is 5.38 Å². The first kappa shape index (κ1) is 20.9. The highest BCUT2D eigenvalue weighted by Gasteiger charge is 2.38. The molecule has 0 spiro atoms. The molecular formula is C29H17N3O3S2. The van der Waals surface area contributed by atoms with Crippen molar-refractivity contribution in [1.29, 1.82) is 0 Å². The third kappa shape index (κ3) is 2.46. The Morgan fingerprint density at radius 3 is 2.32 bits per heavy atom. The van der Waals surface area contributed by atoms with Crippen molar-refractivity contribution in [3.05, 3.63) is 71.1 Å². The van der Waals surface area contributed by atoms with Crippen molar-refractivity contribution in [2.24, 2.45) is 0 Å². The number of thiophene rings is 2. The average molecular weight is 520 g/mol. The molecule has 4 aromatic heterocycles. The highest BCUT2D eigenvalue weighted by atomic mass is 32.1. The number of nitrogens with zero attached hydrogens (tertiary/aromatic N) is 3. The fourth-order valence-electron chi connectivity index (χ4n) is 5.75. The van der Waals surface area contributed by atoms with E-state index in [0.717, 1.165) is 35.1 Å². The average Bonchev–Trinajstić information content (AvgIpc) is 3.59. The van der Waals surface area contributed by atoms with Crippen LogP contribution in [0, 0.1) is 0 Å². The van der Waals surface area contributed by atoms with Crippen LogP contribution in [0.2, 0.25) is 0 Å². The number of benzene rings is 3. The van der Waals surface area contributed by atoms with Crippen molar-refractivity contribution in [3.63, 3.8) is 0 Å². The molecule has 1 fully saturated rings. The number of para-hydroxylation sites is 1. The number of pyridine rings is 1. The van der Waals surface area contributed by atoms with Gasteiger partial charge < -0.3 is 0 Å². The number of imide groups is 2. The van der Waals surface area contributed by atoms with Gasteiger partial charge >= 0.3 is 6.03 Å². The van der Waals surface area contributed by atoms with E-state index in [2.05, 4.69) is 59.0 Å². The van der Waals surface area contributed by atoms with Crippen LogP contribution in [-0.2, 0) is 9.59 Å². The predicted octanol–water partition coefficient (Wildman–Crippen LogP) is 6.70. The van der Waals surface area contributed by atoms with Crippen molar-refractivity contribution in [3.8, 4) is 0 Å². The summed E-state index contributed by atoms with van der Waals surface area (Å²) in [6.07, 6.45) is 1.64. The van der Waals surface area contributed by atoms with Gasteiger partial charge in [0.05, 0.1) is 20.4 Å². The second-order valence-electron chi connectivity index (χ2n) is 9.42. The van der Waals surface area contributed by atoms with Crippen molar-refractivity contribution in [2.45, 2.75) is 0 Å². The summed E-state index contributed by atoms with van der Waals surface area (Å²) in [4.78, 5) is 41.0. The van der Waals surface area contributed by atoms with Gasteiger partial charge in [0, 0.05) is 46.6 Å². The normalized spacial score (nSPS) is 15.3. The summed E-state index contributed by atoms with van der Waals surface area (Å²) in [5, 5.41) is 9.28. The van der Waals surface area contributed by atoms with Crippen molar-refractivity contribution in [2.75, 3.05) is 14.1 Å². The van der Waals surface area contributed by atoms with Crippen LogP contribution in [0.25, 0.3) is 63.7 Å². The summed E-state index contributed by atoms with van der Waals surface area (Å²) in [5.74, 6) is -1.16. The van der Waals surface area contributed by atoms with E-state index >= 15 is 0 Å². The molecule has 1 aliphatic rings. The van der Waals surface area contributed by atoms with Gasteiger partial charge in [-0.3, -0.25) is 23.8 Å². The van der Waals surface area contributed by atoms with E-state index in [1.165, 1.54) is 51.9 Å². The first-order valence-corrected chi connectivity index (χ1v) is 13.5. The minimum Gasteiger partial charge on any atom is -0.299 e. The Kier molecular flexibility index (Phi) is 3.91. The van der Waals surface area contributed by atoms with Gasteiger partial charge in [-0.25, -0.2) is 4.79 Å². The molecule has 1 aliphatic heterocycles. The van der Waals surface area contributed by atoms with Gasteiger partial charge in [-0.1, -0.05) is 48.5 Å². The summed E-state index contributed by atoms with van der Waals surface area (Å²) in [6.45, 7) is 0. The highest BCUT2D eigenvalue weighted by molar-refractivity contribution is 7.32. The van der Waals surface area contributed by atoms with Gasteiger partial charge in [0.15, 0.2) is 0 Å². The lowest BCUT2D eigenvalue weighted by atomic mass is 10.0. The molecule has 0 aliphatic carbocycles. The molecule has 0 saturated carbocycles. The molecule has 1 saturated heterocycles. The van der Waals surface area contributed by atoms with Crippen LogP contribution in [0.15, 0.2) is 65.6 Å². The lowest BCUT2D eigenvalue weighted by molar-refractivity contribution is -0.134. The fourth-order valence-corrected chi connectivity index (χ4v) is 8.36. The molecule has 8 heteroatoms. The largest absolute Gasteiger partial charge is 0.333 e. The predicted molar refractivity (Wildman–Crippen MR) is 151 cm³/mol. The van der Waals surface area contributed by atoms with E-state index in [9.17, 15) is 14.4 Å². The van der Waals surface area contributed by atoms with Gasteiger partial charge in [-0.2, -0.15) is 0 Å². The lowest BCUT2D eigenvalue weighted by Crippen LogP contribution is -2.52. The number of amides is 4. The number of barbiturate groups is 1. The van der Waals surface area contributed by atoms with Crippen molar-refractivity contribution >= 4 is 104 Å². The fraction of sp³-hybridized carbons (Fsp3) is 0.0690. The van der Waals surface area contributed by atoms with E-state index in [0.29, 0.717) is 0 Å². The van der Waals surface area contributed by atoms with Crippen LogP contribution in [0.3, 0.4) is 0 Å². The maximum absolute atomic E-state index is 12.9. The molecule has 0 radical (unpaired) electrons. The quantitative estimate of drug-likeness (QED) is 0.179. The number of aromatic nitrogens is 1. The summed E-state index contributed by atoms with van der Waals surface area (Å²) in [5.41, 5.74) is 3.19. The Hall–Kier alpha value is -4.27. The zero-order valence-corrected chi connectivity index (χ0v) is 21.4. The number of hydrogen-bond acceptors (Lipinski definition) is 5. The van der Waals surface area contributed by atoms with Gasteiger partial charge in [0.25, 0.3) is 11.8 Å². The van der Waals surface area contributed by atoms with Gasteiger partial charge in [-0.05, 0) is 22.9 Å². The molecule has 0 unspecified atom stereocenters. The third-order valence-electron chi connectivity index (χ3n) is 7.50. The SMILES string of the molecule is CN1C(=O)C(=Cc2csc3c2sc2c3c3cccc4ccc5c6ccccc6n2c5c43)C(=O)N(C)C1=O. The molecule has 0 N–H and O–H groups in total. The lowest BCUT2D eigenvalue weighted by Gasteiger charge is -2.28. The third-order valence-corrected chi connectivity index (χ3v) is 9.87. The molecule has 3 aromatic carbocycles. The Morgan fingerprint density at radius 2 is 1.51 bits per heavy atom. The number of carbonyl (C=O) groups is 3. The summed E-state index contributed by atoms with van der Waals surface area (Å²) in [7, 11) is 2.80. The highest BCUT2D eigenvalue weighted by Crippen LogP contribution is 2.48. The first-order chi connectivity index (χ1) is 18.0. The second-order valence-corrected chi connectivity index (χ2v) is 11.3. The topological polar surface area (TPSA) is 62.1 Å². The molecule has 6 nitrogen and oxygen atoms in total. The minimum absolute atomic E-state index is 0.00476. The number of carbonyl (C=O) groups excluding carboxylic acids is 3. The van der Waals surface area contributed by atoms with Gasteiger partial charge in [0.2, 0.25) is 0 Å². The minimum atomic E-state index is -0.622. The standard InChI is InChI=1S/C29H17N3O3S2/c1-30-26(33)19(27(34)31(2)29(30)35)12-15-13-36-25-22-18-8-5-6-14-10-11-17-16-7-3-4-9-20(16)32(23(17)21(14)18)28(22)37-24(15)25/h3-13H,1-2H3. The van der Waals surface area contributed by atoms with E-state index in [4.69, 9.17) is 0 Å². The first-order valence-electron chi connectivity index (χ1n) is 11.8. The van der Waals surface area contributed by atoms with E-state index in [1.54, 1.807) is 28.7 Å². The monoisotopic (exact) mass is 519 g/mol. The Labute approximate surface area is 217 Å². The smallest absolute Gasteiger partial charge is 0.299 e. The molecule has 37 heavy (non-hydrogen) atoms. The number of rotatable bonds is 1. The van der Waals surface area contributed by atoms with E-state index < -0.39 is 17.8 Å². The van der Waals surface area contributed by atoms with Crippen LogP contribution in [-0.4, -0.2) is 46.1 Å². The van der Waals surface area contributed by atoms with Crippen LogP contribution in [0.5, 0.6) is 0 Å². The number of fused-ring (bicyclic) bond motifs is 8. The molecule has 7 aromatic rings. The molecular weight excluding hydrogens is 502 g/mol. The molecule has 4 amide bonds. The zero-order valence-electron chi connectivity index (χ0n) is 19.7. The Morgan fingerprint density at radius 1 is 0.757 bits per heavy atom. The van der Waals surface area contributed by atoms with Crippen LogP contribution in [0.1, 0.15) is 5.56 Å². The van der Waals surface area contributed by atoms with Gasteiger partial charge in [-0.15, -0.1) is 22.7 Å². The Bertz CT molecular complexity index is 2170. The molecule has 178 valence electrons. The number of hydrogen-bond donors (Lipinski definition) is 0. The summed E-state index contributed by atoms with van der Waals surface area (Å²) >= 11 is 3.30. The second kappa shape index (κ2) is 6.94. The maximum Gasteiger partial charge on any atom is 0.333 e. The Balaban J connectivity index is 1.52. The van der Waals surface area contributed by atoms with E-state index in [-0.39, 0.29) is 5.57 Å². The molecule has 5 heterocycles. The molecule has 0 bridgehead atoms. The maximum atomic E-state index is 12.9. The van der Waals surface area contributed by atoms with Crippen LogP contribution in [0.4, 0.5) is 4.79 Å². The van der Waals surface area contributed by atoms with Gasteiger partial charge in [0.1, 0.15) is 10.4 Å². The molecule has 0 atom stereocenters. The van der Waals surface area contributed by atoms with Crippen LogP contribution < -0.4 is 0 Å². The van der Waals surface area contributed by atoms with Crippen molar-refractivity contribution < 1.29 is 14.4 Å². The number of likely N-dealkylation sites (N-methyl/N-ethyl adjacent to an activating group) is 2. The number of urea groups is 1. The zero-order chi connectivity index (χ0) is 25.2. The van der Waals surface area contributed by atoms with Crippen LogP contribution >= 0.6 is 22.7 Å².